The van der Waals surface area contributed by atoms with Gasteiger partial charge in [-0.05, 0) is 37.0 Å². The molecule has 0 saturated heterocycles. The van der Waals surface area contributed by atoms with Crippen LogP contribution in [0.1, 0.15) is 58.8 Å². The van der Waals surface area contributed by atoms with Gasteiger partial charge in [-0.15, -0.1) is 0 Å². The number of hydrogen-bond acceptors (Lipinski definition) is 2. The minimum atomic E-state index is 0.364. The maximum atomic E-state index is 7.54. The highest BCUT2D eigenvalue weighted by molar-refractivity contribution is 5.78. The third-order valence-corrected chi connectivity index (χ3v) is 4.50. The van der Waals surface area contributed by atoms with E-state index in [1.54, 1.807) is 0 Å². The molecular weight excluding hydrogens is 222 g/mol. The second-order valence-electron chi connectivity index (χ2n) is 6.96. The molecule has 3 nitrogen and oxygen atoms in total. The molecule has 2 aliphatic rings. The summed E-state index contributed by atoms with van der Waals surface area (Å²) in [6.07, 6.45) is 8.92. The molecular formula is C15H29N3. The van der Waals surface area contributed by atoms with Crippen LogP contribution in [0.3, 0.4) is 0 Å². The van der Waals surface area contributed by atoms with Crippen molar-refractivity contribution in [1.29, 1.82) is 5.41 Å². The summed E-state index contributed by atoms with van der Waals surface area (Å²) in [4.78, 5) is 2.72. The van der Waals surface area contributed by atoms with Crippen molar-refractivity contribution >= 4 is 5.84 Å². The van der Waals surface area contributed by atoms with Gasteiger partial charge in [0, 0.05) is 25.6 Å². The van der Waals surface area contributed by atoms with Gasteiger partial charge in [0.05, 0.1) is 5.84 Å². The molecule has 0 radical (unpaired) electrons. The lowest BCUT2D eigenvalue weighted by atomic mass is 9.98. The molecule has 2 saturated carbocycles. The SMILES string of the molecule is CC(C)CN(CC1(CC(=N)N)CC1)C1CCCC1. The molecule has 0 aromatic heterocycles. The zero-order valence-electron chi connectivity index (χ0n) is 12.0. The first kappa shape index (κ1) is 13.9. The largest absolute Gasteiger partial charge is 0.388 e. The molecule has 3 heteroatoms. The summed E-state index contributed by atoms with van der Waals surface area (Å²) >= 11 is 0. The molecule has 0 amide bonds. The molecule has 0 aromatic carbocycles. The molecule has 3 N–H and O–H groups in total. The Hall–Kier alpha value is -0.570. The van der Waals surface area contributed by atoms with Crippen LogP contribution in [0.15, 0.2) is 0 Å². The van der Waals surface area contributed by atoms with Gasteiger partial charge < -0.3 is 5.73 Å². The van der Waals surface area contributed by atoms with Gasteiger partial charge in [-0.1, -0.05) is 26.7 Å². The number of nitrogens with one attached hydrogen (secondary N) is 1. The van der Waals surface area contributed by atoms with Crippen LogP contribution in [0.2, 0.25) is 0 Å². The summed E-state index contributed by atoms with van der Waals surface area (Å²) < 4.78 is 0. The normalized spacial score (nSPS) is 22.9. The number of amidine groups is 1. The average molecular weight is 251 g/mol. The van der Waals surface area contributed by atoms with Crippen molar-refractivity contribution in [1.82, 2.24) is 4.90 Å². The first-order chi connectivity index (χ1) is 8.51. The Morgan fingerprint density at radius 2 is 1.94 bits per heavy atom. The highest BCUT2D eigenvalue weighted by atomic mass is 15.2. The summed E-state index contributed by atoms with van der Waals surface area (Å²) in [5.74, 6) is 1.11. The van der Waals surface area contributed by atoms with Crippen molar-refractivity contribution in [2.75, 3.05) is 13.1 Å². The van der Waals surface area contributed by atoms with E-state index >= 15 is 0 Å². The lowest BCUT2D eigenvalue weighted by Crippen LogP contribution is -2.41. The van der Waals surface area contributed by atoms with E-state index in [1.807, 2.05) is 0 Å². The van der Waals surface area contributed by atoms with Crippen molar-refractivity contribution in [2.45, 2.75) is 64.8 Å². The monoisotopic (exact) mass is 251 g/mol. The predicted octanol–water partition coefficient (Wildman–Crippen LogP) is 2.99. The summed E-state index contributed by atoms with van der Waals surface area (Å²) in [5.41, 5.74) is 5.98. The smallest absolute Gasteiger partial charge is 0.0911 e. The first-order valence-corrected chi connectivity index (χ1v) is 7.58. The lowest BCUT2D eigenvalue weighted by molar-refractivity contribution is 0.144. The van der Waals surface area contributed by atoms with E-state index in [9.17, 15) is 0 Å². The fourth-order valence-electron chi connectivity index (χ4n) is 3.48. The second kappa shape index (κ2) is 5.60. The van der Waals surface area contributed by atoms with Crippen molar-refractivity contribution < 1.29 is 0 Å². The van der Waals surface area contributed by atoms with Crippen LogP contribution in [0, 0.1) is 16.7 Å². The van der Waals surface area contributed by atoms with Crippen molar-refractivity contribution in [3.05, 3.63) is 0 Å². The number of rotatable bonds is 7. The van der Waals surface area contributed by atoms with Crippen molar-refractivity contribution in [2.24, 2.45) is 17.1 Å². The molecule has 0 spiro atoms. The van der Waals surface area contributed by atoms with Gasteiger partial charge in [0.1, 0.15) is 0 Å². The van der Waals surface area contributed by atoms with E-state index in [1.165, 1.54) is 51.6 Å². The summed E-state index contributed by atoms with van der Waals surface area (Å²) in [6, 6.07) is 0.803. The Kier molecular flexibility index (Phi) is 4.31. The highest BCUT2D eigenvalue weighted by Crippen LogP contribution is 2.50. The van der Waals surface area contributed by atoms with Gasteiger partial charge in [-0.2, -0.15) is 0 Å². The Labute approximate surface area is 112 Å². The van der Waals surface area contributed by atoms with Crippen molar-refractivity contribution in [3.63, 3.8) is 0 Å². The summed E-state index contributed by atoms with van der Waals surface area (Å²) in [7, 11) is 0. The topological polar surface area (TPSA) is 53.1 Å². The van der Waals surface area contributed by atoms with Gasteiger partial charge >= 0.3 is 0 Å². The van der Waals surface area contributed by atoms with Crippen LogP contribution in [0.25, 0.3) is 0 Å². The van der Waals surface area contributed by atoms with E-state index in [0.29, 0.717) is 11.3 Å². The average Bonchev–Trinajstić information content (AvgIpc) is 2.80. The van der Waals surface area contributed by atoms with Crippen LogP contribution in [-0.4, -0.2) is 29.9 Å². The molecule has 2 fully saturated rings. The molecule has 2 aliphatic carbocycles. The number of nitrogens with two attached hydrogens (primary N) is 1. The van der Waals surface area contributed by atoms with E-state index in [-0.39, 0.29) is 0 Å². The Balaban J connectivity index is 1.94. The maximum absolute atomic E-state index is 7.54. The van der Waals surface area contributed by atoms with Crippen LogP contribution < -0.4 is 5.73 Å². The van der Waals surface area contributed by atoms with Gasteiger partial charge in [0.25, 0.3) is 0 Å². The van der Waals surface area contributed by atoms with E-state index in [0.717, 1.165) is 18.4 Å². The number of hydrogen-bond donors (Lipinski definition) is 2. The quantitative estimate of drug-likeness (QED) is 0.540. The highest BCUT2D eigenvalue weighted by Gasteiger charge is 2.45. The first-order valence-electron chi connectivity index (χ1n) is 7.58. The van der Waals surface area contributed by atoms with Gasteiger partial charge in [-0.25, -0.2) is 0 Å². The molecule has 0 heterocycles. The van der Waals surface area contributed by atoms with Crippen LogP contribution in [0.5, 0.6) is 0 Å². The Morgan fingerprint density at radius 1 is 1.33 bits per heavy atom. The standard InChI is InChI=1S/C15H29N3/c1-12(2)10-18(13-5-3-4-6-13)11-15(7-8-15)9-14(16)17/h12-13H,3-11H2,1-2H3,(H3,16,17). The number of nitrogens with zero attached hydrogens (tertiary/aromatic N) is 1. The second-order valence-corrected chi connectivity index (χ2v) is 6.96. The molecule has 2 rings (SSSR count). The third-order valence-electron chi connectivity index (χ3n) is 4.50. The molecule has 104 valence electrons. The lowest BCUT2D eigenvalue weighted by Gasteiger charge is -2.34. The van der Waals surface area contributed by atoms with Gasteiger partial charge in [0.15, 0.2) is 0 Å². The maximum Gasteiger partial charge on any atom is 0.0911 e. The predicted molar refractivity (Wildman–Crippen MR) is 76.9 cm³/mol. The van der Waals surface area contributed by atoms with Crippen molar-refractivity contribution in [3.8, 4) is 0 Å². The molecule has 0 aromatic rings. The van der Waals surface area contributed by atoms with Crippen LogP contribution in [-0.2, 0) is 0 Å². The molecule has 0 aliphatic heterocycles. The fraction of sp³-hybridized carbons (Fsp3) is 0.933. The molecule has 18 heavy (non-hydrogen) atoms. The van der Waals surface area contributed by atoms with Crippen LogP contribution >= 0.6 is 0 Å². The van der Waals surface area contributed by atoms with Crippen LogP contribution in [0.4, 0.5) is 0 Å². The Bertz CT molecular complexity index is 288. The minimum absolute atomic E-state index is 0.364. The zero-order valence-corrected chi connectivity index (χ0v) is 12.0. The fourth-order valence-corrected chi connectivity index (χ4v) is 3.48. The van der Waals surface area contributed by atoms with Gasteiger partial charge in [0.2, 0.25) is 0 Å². The Morgan fingerprint density at radius 3 is 2.39 bits per heavy atom. The van der Waals surface area contributed by atoms with E-state index in [2.05, 4.69) is 18.7 Å². The summed E-state index contributed by atoms with van der Waals surface area (Å²) in [6.45, 7) is 7.01. The van der Waals surface area contributed by atoms with E-state index in [4.69, 9.17) is 11.1 Å². The van der Waals surface area contributed by atoms with E-state index < -0.39 is 0 Å². The molecule has 0 atom stereocenters. The summed E-state index contributed by atoms with van der Waals surface area (Å²) in [5, 5.41) is 7.54. The molecule has 0 unspecified atom stereocenters. The van der Waals surface area contributed by atoms with Gasteiger partial charge in [-0.3, -0.25) is 10.3 Å². The zero-order chi connectivity index (χ0) is 13.2. The molecule has 0 bridgehead atoms. The minimum Gasteiger partial charge on any atom is -0.388 e. The third kappa shape index (κ3) is 3.71.